The topological polar surface area (TPSA) is 79.8 Å². The predicted octanol–water partition coefficient (Wildman–Crippen LogP) is 4.10. The second-order valence-electron chi connectivity index (χ2n) is 4.29. The van der Waals surface area contributed by atoms with Gasteiger partial charge >= 0.3 is 0 Å². The number of amides is 1. The SMILES string of the molecule is CCSc1nnc(NC(=O)c2csc(Nc3ccccc3)n2)s1. The largest absolute Gasteiger partial charge is 0.332 e. The van der Waals surface area contributed by atoms with Crippen LogP contribution in [0, 0.1) is 0 Å². The Labute approximate surface area is 145 Å². The summed E-state index contributed by atoms with van der Waals surface area (Å²) in [4.78, 5) is 16.5. The molecule has 1 aromatic carbocycles. The maximum absolute atomic E-state index is 12.2. The van der Waals surface area contributed by atoms with E-state index in [1.54, 1.807) is 17.1 Å². The molecule has 0 saturated heterocycles. The Hall–Kier alpha value is -1.97. The first kappa shape index (κ1) is 15.9. The number of hydrogen-bond acceptors (Lipinski definition) is 8. The van der Waals surface area contributed by atoms with Crippen LogP contribution < -0.4 is 10.6 Å². The maximum atomic E-state index is 12.2. The van der Waals surface area contributed by atoms with Crippen LogP contribution in [0.1, 0.15) is 17.4 Å². The predicted molar refractivity (Wildman–Crippen MR) is 96.1 cm³/mol. The van der Waals surface area contributed by atoms with Crippen molar-refractivity contribution < 1.29 is 4.79 Å². The monoisotopic (exact) mass is 363 g/mol. The minimum atomic E-state index is -0.286. The van der Waals surface area contributed by atoms with Crippen molar-refractivity contribution >= 4 is 56.3 Å². The summed E-state index contributed by atoms with van der Waals surface area (Å²) in [5.74, 6) is 0.634. The molecule has 0 bridgehead atoms. The van der Waals surface area contributed by atoms with Gasteiger partial charge in [-0.15, -0.1) is 21.5 Å². The molecule has 118 valence electrons. The normalized spacial score (nSPS) is 10.5. The highest BCUT2D eigenvalue weighted by Gasteiger charge is 2.14. The number of anilines is 3. The van der Waals surface area contributed by atoms with Crippen LogP contribution in [-0.2, 0) is 0 Å². The van der Waals surface area contributed by atoms with Crippen molar-refractivity contribution in [1.82, 2.24) is 15.2 Å². The second-order valence-corrected chi connectivity index (χ2v) is 7.64. The summed E-state index contributed by atoms with van der Waals surface area (Å²) in [6.45, 7) is 2.04. The molecule has 0 spiro atoms. The summed E-state index contributed by atoms with van der Waals surface area (Å²) in [6.07, 6.45) is 0. The highest BCUT2D eigenvalue weighted by molar-refractivity contribution is 8.01. The molecule has 0 unspecified atom stereocenters. The lowest BCUT2D eigenvalue weighted by molar-refractivity contribution is 0.102. The average molecular weight is 363 g/mol. The zero-order valence-corrected chi connectivity index (χ0v) is 14.6. The van der Waals surface area contributed by atoms with Gasteiger partial charge in [0.2, 0.25) is 5.13 Å². The number of benzene rings is 1. The molecule has 1 amide bonds. The van der Waals surface area contributed by atoms with E-state index in [-0.39, 0.29) is 5.91 Å². The fourth-order valence-corrected chi connectivity index (χ4v) is 4.04. The van der Waals surface area contributed by atoms with Crippen molar-refractivity contribution in [2.75, 3.05) is 16.4 Å². The standard InChI is InChI=1S/C14H13N5OS3/c1-2-21-14-19-18-13(23-14)17-11(20)10-8-22-12(16-10)15-9-6-4-3-5-7-9/h3-8H,2H2,1H3,(H,15,16)(H,17,18,20). The molecule has 0 aliphatic rings. The fourth-order valence-electron chi connectivity index (χ4n) is 1.68. The van der Waals surface area contributed by atoms with Crippen LogP contribution in [0.4, 0.5) is 16.0 Å². The van der Waals surface area contributed by atoms with Gasteiger partial charge in [-0.05, 0) is 17.9 Å². The Morgan fingerprint density at radius 1 is 1.22 bits per heavy atom. The Morgan fingerprint density at radius 3 is 2.83 bits per heavy atom. The van der Waals surface area contributed by atoms with Crippen LogP contribution in [0.2, 0.25) is 0 Å². The van der Waals surface area contributed by atoms with Gasteiger partial charge in [0.1, 0.15) is 5.69 Å². The maximum Gasteiger partial charge on any atom is 0.277 e. The van der Waals surface area contributed by atoms with Crippen LogP contribution in [0.5, 0.6) is 0 Å². The van der Waals surface area contributed by atoms with E-state index in [4.69, 9.17) is 0 Å². The average Bonchev–Trinajstić information content (AvgIpc) is 3.18. The zero-order valence-electron chi connectivity index (χ0n) is 12.1. The quantitative estimate of drug-likeness (QED) is 0.507. The van der Waals surface area contributed by atoms with Gasteiger partial charge < -0.3 is 5.32 Å². The fraction of sp³-hybridized carbons (Fsp3) is 0.143. The van der Waals surface area contributed by atoms with E-state index in [1.807, 2.05) is 37.3 Å². The summed E-state index contributed by atoms with van der Waals surface area (Å²) >= 11 is 4.33. The van der Waals surface area contributed by atoms with Crippen molar-refractivity contribution in [3.8, 4) is 0 Å². The van der Waals surface area contributed by atoms with E-state index in [0.29, 0.717) is 16.0 Å². The number of para-hydroxylation sites is 1. The molecule has 3 rings (SSSR count). The van der Waals surface area contributed by atoms with E-state index in [1.165, 1.54) is 22.7 Å². The molecule has 0 radical (unpaired) electrons. The highest BCUT2D eigenvalue weighted by atomic mass is 32.2. The zero-order chi connectivity index (χ0) is 16.1. The van der Waals surface area contributed by atoms with Crippen LogP contribution in [-0.4, -0.2) is 26.8 Å². The number of nitrogens with one attached hydrogen (secondary N) is 2. The third kappa shape index (κ3) is 4.27. The van der Waals surface area contributed by atoms with Crippen molar-refractivity contribution in [2.24, 2.45) is 0 Å². The molecule has 9 heteroatoms. The number of nitrogens with zero attached hydrogens (tertiary/aromatic N) is 3. The number of thioether (sulfide) groups is 1. The van der Waals surface area contributed by atoms with Gasteiger partial charge in [0.05, 0.1) is 0 Å². The summed E-state index contributed by atoms with van der Waals surface area (Å²) < 4.78 is 0.840. The van der Waals surface area contributed by atoms with Gasteiger partial charge in [-0.25, -0.2) is 4.98 Å². The number of aromatic nitrogens is 3. The van der Waals surface area contributed by atoms with E-state index >= 15 is 0 Å². The molecule has 0 fully saturated rings. The lowest BCUT2D eigenvalue weighted by Gasteiger charge is -2.00. The van der Waals surface area contributed by atoms with E-state index in [2.05, 4.69) is 25.8 Å². The van der Waals surface area contributed by atoms with E-state index < -0.39 is 0 Å². The smallest absolute Gasteiger partial charge is 0.277 e. The number of carbonyl (C=O) groups is 1. The Morgan fingerprint density at radius 2 is 2.04 bits per heavy atom. The molecule has 0 atom stereocenters. The molecule has 0 saturated carbocycles. The third-order valence-corrected chi connectivity index (χ3v) is 5.27. The molecule has 23 heavy (non-hydrogen) atoms. The number of carbonyl (C=O) groups excluding carboxylic acids is 1. The second kappa shape index (κ2) is 7.53. The summed E-state index contributed by atoms with van der Waals surface area (Å²) in [5, 5.41) is 16.7. The van der Waals surface area contributed by atoms with Gasteiger partial charge in [0.25, 0.3) is 5.91 Å². The molecule has 2 heterocycles. The van der Waals surface area contributed by atoms with Crippen LogP contribution in [0.25, 0.3) is 0 Å². The third-order valence-electron chi connectivity index (χ3n) is 2.66. The van der Waals surface area contributed by atoms with E-state index in [0.717, 1.165) is 15.8 Å². The van der Waals surface area contributed by atoms with Crippen LogP contribution >= 0.6 is 34.4 Å². The van der Waals surface area contributed by atoms with Crippen molar-refractivity contribution in [3.05, 3.63) is 41.4 Å². The first-order chi connectivity index (χ1) is 11.2. The molecule has 0 aliphatic carbocycles. The summed E-state index contributed by atoms with van der Waals surface area (Å²) in [6, 6.07) is 9.69. The minimum Gasteiger partial charge on any atom is -0.332 e. The Bertz CT molecular complexity index is 787. The van der Waals surface area contributed by atoms with Crippen LogP contribution in [0.3, 0.4) is 0 Å². The van der Waals surface area contributed by atoms with Gasteiger partial charge in [-0.3, -0.25) is 10.1 Å². The van der Waals surface area contributed by atoms with Gasteiger partial charge in [-0.1, -0.05) is 48.2 Å². The Balaban J connectivity index is 1.63. The summed E-state index contributed by atoms with van der Waals surface area (Å²) in [5.41, 5.74) is 1.28. The number of hydrogen-bond donors (Lipinski definition) is 2. The first-order valence-corrected chi connectivity index (χ1v) is 9.48. The van der Waals surface area contributed by atoms with Crippen molar-refractivity contribution in [1.29, 1.82) is 0 Å². The molecular weight excluding hydrogens is 350 g/mol. The van der Waals surface area contributed by atoms with Crippen molar-refractivity contribution in [3.63, 3.8) is 0 Å². The van der Waals surface area contributed by atoms with Crippen LogP contribution in [0.15, 0.2) is 40.1 Å². The van der Waals surface area contributed by atoms with E-state index in [9.17, 15) is 4.79 Å². The molecule has 3 aromatic rings. The van der Waals surface area contributed by atoms with Crippen molar-refractivity contribution in [2.45, 2.75) is 11.3 Å². The molecule has 2 N–H and O–H groups in total. The first-order valence-electron chi connectivity index (χ1n) is 6.80. The minimum absolute atomic E-state index is 0.286. The molecule has 0 aliphatic heterocycles. The lowest BCUT2D eigenvalue weighted by Crippen LogP contribution is -2.12. The van der Waals surface area contributed by atoms with Gasteiger partial charge in [0, 0.05) is 11.1 Å². The summed E-state index contributed by atoms with van der Waals surface area (Å²) in [7, 11) is 0. The van der Waals surface area contributed by atoms with Gasteiger partial charge in [-0.2, -0.15) is 0 Å². The number of thiazole rings is 1. The number of rotatable bonds is 6. The van der Waals surface area contributed by atoms with Gasteiger partial charge in [0.15, 0.2) is 9.47 Å². The Kier molecular flexibility index (Phi) is 5.21. The molecular formula is C14H13N5OS3. The molecule has 2 aromatic heterocycles. The highest BCUT2D eigenvalue weighted by Crippen LogP contribution is 2.26. The lowest BCUT2D eigenvalue weighted by atomic mass is 10.3. The molecule has 6 nitrogen and oxygen atoms in total.